The summed E-state index contributed by atoms with van der Waals surface area (Å²) in [5.74, 6) is -1.20. The molecule has 0 atom stereocenters. The summed E-state index contributed by atoms with van der Waals surface area (Å²) in [5.41, 5.74) is 5.87. The first-order valence-corrected chi connectivity index (χ1v) is 5.03. The van der Waals surface area contributed by atoms with Gasteiger partial charge in [-0.2, -0.15) is 4.98 Å². The number of nitrogens with zero attached hydrogens (tertiary/aromatic N) is 1. The minimum atomic E-state index is -0.744. The highest BCUT2D eigenvalue weighted by atomic mass is 19.1. The van der Waals surface area contributed by atoms with E-state index in [-0.39, 0.29) is 23.2 Å². The van der Waals surface area contributed by atoms with Gasteiger partial charge in [-0.3, -0.25) is 0 Å². The molecule has 18 heavy (non-hydrogen) atoms. The fourth-order valence-corrected chi connectivity index (χ4v) is 1.33. The third-order valence-electron chi connectivity index (χ3n) is 2.12. The van der Waals surface area contributed by atoms with Crippen LogP contribution in [0.25, 0.3) is 0 Å². The SMILES string of the molecule is COc1ccc(N)c(Oc2cc(F)cc(F)c2)n1. The van der Waals surface area contributed by atoms with Crippen molar-refractivity contribution in [2.75, 3.05) is 12.8 Å². The number of halogens is 2. The zero-order chi connectivity index (χ0) is 13.1. The van der Waals surface area contributed by atoms with Gasteiger partial charge < -0.3 is 15.2 Å². The van der Waals surface area contributed by atoms with Crippen LogP contribution in [-0.4, -0.2) is 12.1 Å². The number of hydrogen-bond acceptors (Lipinski definition) is 4. The Morgan fingerprint density at radius 3 is 2.39 bits per heavy atom. The average Bonchev–Trinajstić information content (AvgIpc) is 2.30. The summed E-state index contributed by atoms with van der Waals surface area (Å²) in [7, 11) is 1.43. The topological polar surface area (TPSA) is 57.4 Å². The van der Waals surface area contributed by atoms with E-state index in [9.17, 15) is 8.78 Å². The Hall–Kier alpha value is -2.37. The first-order chi connectivity index (χ1) is 8.58. The van der Waals surface area contributed by atoms with Gasteiger partial charge in [-0.15, -0.1) is 0 Å². The third kappa shape index (κ3) is 2.65. The largest absolute Gasteiger partial charge is 0.481 e. The Kier molecular flexibility index (Phi) is 3.27. The molecule has 2 rings (SSSR count). The lowest BCUT2D eigenvalue weighted by atomic mass is 10.3. The number of hydrogen-bond donors (Lipinski definition) is 1. The lowest BCUT2D eigenvalue weighted by molar-refractivity contribution is 0.383. The number of benzene rings is 1. The fourth-order valence-electron chi connectivity index (χ4n) is 1.33. The lowest BCUT2D eigenvalue weighted by Crippen LogP contribution is -1.97. The van der Waals surface area contributed by atoms with Crippen molar-refractivity contribution in [3.8, 4) is 17.5 Å². The molecule has 0 spiro atoms. The standard InChI is InChI=1S/C12H10F2N2O2/c1-17-11-3-2-10(15)12(16-11)18-9-5-7(13)4-8(14)6-9/h2-6H,15H2,1H3. The maximum atomic E-state index is 13.0. The predicted octanol–water partition coefficient (Wildman–Crippen LogP) is 2.74. The Morgan fingerprint density at radius 2 is 1.78 bits per heavy atom. The molecule has 1 aromatic carbocycles. The highest BCUT2D eigenvalue weighted by Gasteiger charge is 2.08. The Morgan fingerprint density at radius 1 is 1.11 bits per heavy atom. The van der Waals surface area contributed by atoms with E-state index in [0.29, 0.717) is 0 Å². The zero-order valence-corrected chi connectivity index (χ0v) is 9.48. The summed E-state index contributed by atoms with van der Waals surface area (Å²) < 4.78 is 36.1. The monoisotopic (exact) mass is 252 g/mol. The molecule has 6 heteroatoms. The molecule has 0 aliphatic heterocycles. The second-order valence-electron chi connectivity index (χ2n) is 3.46. The molecule has 2 N–H and O–H groups in total. The van der Waals surface area contributed by atoms with Gasteiger partial charge >= 0.3 is 0 Å². The minimum Gasteiger partial charge on any atom is -0.481 e. The maximum absolute atomic E-state index is 13.0. The van der Waals surface area contributed by atoms with Crippen molar-refractivity contribution in [1.82, 2.24) is 4.98 Å². The van der Waals surface area contributed by atoms with Crippen LogP contribution in [0.1, 0.15) is 0 Å². The van der Waals surface area contributed by atoms with E-state index < -0.39 is 11.6 Å². The number of ether oxygens (including phenoxy) is 2. The summed E-state index contributed by atoms with van der Waals surface area (Å²) in [5, 5.41) is 0. The van der Waals surface area contributed by atoms with Gasteiger partial charge in [-0.25, -0.2) is 8.78 Å². The highest BCUT2D eigenvalue weighted by molar-refractivity contribution is 5.51. The minimum absolute atomic E-state index is 0.0272. The van der Waals surface area contributed by atoms with Gasteiger partial charge in [-0.05, 0) is 6.07 Å². The van der Waals surface area contributed by atoms with E-state index in [1.807, 2.05) is 0 Å². The maximum Gasteiger partial charge on any atom is 0.246 e. The Balaban J connectivity index is 2.33. The number of aromatic nitrogens is 1. The molecule has 1 heterocycles. The molecule has 2 aromatic rings. The van der Waals surface area contributed by atoms with E-state index in [1.165, 1.54) is 13.2 Å². The van der Waals surface area contributed by atoms with Crippen LogP contribution in [0.3, 0.4) is 0 Å². The van der Waals surface area contributed by atoms with Crippen molar-refractivity contribution in [3.63, 3.8) is 0 Å². The zero-order valence-electron chi connectivity index (χ0n) is 9.48. The van der Waals surface area contributed by atoms with Gasteiger partial charge in [0.15, 0.2) is 0 Å². The average molecular weight is 252 g/mol. The predicted molar refractivity (Wildman–Crippen MR) is 61.6 cm³/mol. The van der Waals surface area contributed by atoms with Crippen molar-refractivity contribution >= 4 is 5.69 Å². The molecule has 0 fully saturated rings. The summed E-state index contributed by atoms with van der Waals surface area (Å²) in [6, 6.07) is 5.88. The highest BCUT2D eigenvalue weighted by Crippen LogP contribution is 2.28. The third-order valence-corrected chi connectivity index (χ3v) is 2.12. The van der Waals surface area contributed by atoms with E-state index in [0.717, 1.165) is 18.2 Å². The Labute approximate surface area is 102 Å². The van der Waals surface area contributed by atoms with Crippen molar-refractivity contribution in [2.45, 2.75) is 0 Å². The molecule has 0 radical (unpaired) electrons. The van der Waals surface area contributed by atoms with Crippen LogP contribution in [0.2, 0.25) is 0 Å². The molecule has 0 aliphatic rings. The second-order valence-corrected chi connectivity index (χ2v) is 3.46. The van der Waals surface area contributed by atoms with Crippen LogP contribution in [-0.2, 0) is 0 Å². The van der Waals surface area contributed by atoms with Crippen molar-refractivity contribution in [2.24, 2.45) is 0 Å². The van der Waals surface area contributed by atoms with Gasteiger partial charge in [0, 0.05) is 24.3 Å². The number of anilines is 1. The van der Waals surface area contributed by atoms with Crippen LogP contribution < -0.4 is 15.2 Å². The first kappa shape index (κ1) is 12.1. The molecular formula is C12H10F2N2O2. The molecule has 0 aliphatic carbocycles. The van der Waals surface area contributed by atoms with Gasteiger partial charge in [0.1, 0.15) is 17.4 Å². The van der Waals surface area contributed by atoms with E-state index in [1.54, 1.807) is 6.07 Å². The fraction of sp³-hybridized carbons (Fsp3) is 0.0833. The number of nitrogen functional groups attached to an aromatic ring is 1. The van der Waals surface area contributed by atoms with Gasteiger partial charge in [-0.1, -0.05) is 0 Å². The van der Waals surface area contributed by atoms with Crippen molar-refractivity contribution in [3.05, 3.63) is 42.0 Å². The van der Waals surface area contributed by atoms with Crippen LogP contribution in [0, 0.1) is 11.6 Å². The molecule has 0 unspecified atom stereocenters. The molecule has 0 saturated heterocycles. The van der Waals surface area contributed by atoms with Crippen LogP contribution in [0.5, 0.6) is 17.5 Å². The lowest BCUT2D eigenvalue weighted by Gasteiger charge is -2.08. The summed E-state index contributed by atoms with van der Waals surface area (Å²) in [6.45, 7) is 0. The second kappa shape index (κ2) is 4.87. The number of methoxy groups -OCH3 is 1. The number of pyridine rings is 1. The van der Waals surface area contributed by atoms with Crippen LogP contribution in [0.15, 0.2) is 30.3 Å². The number of rotatable bonds is 3. The Bertz CT molecular complexity index is 556. The molecular weight excluding hydrogens is 242 g/mol. The molecule has 0 amide bonds. The summed E-state index contributed by atoms with van der Waals surface area (Å²) >= 11 is 0. The van der Waals surface area contributed by atoms with Gasteiger partial charge in [0.05, 0.1) is 12.8 Å². The van der Waals surface area contributed by atoms with Gasteiger partial charge in [0.2, 0.25) is 11.8 Å². The summed E-state index contributed by atoms with van der Waals surface area (Å²) in [6.07, 6.45) is 0. The smallest absolute Gasteiger partial charge is 0.246 e. The van der Waals surface area contributed by atoms with Gasteiger partial charge in [0.25, 0.3) is 0 Å². The molecule has 1 aromatic heterocycles. The van der Waals surface area contributed by atoms with Crippen molar-refractivity contribution < 1.29 is 18.3 Å². The van der Waals surface area contributed by atoms with E-state index in [4.69, 9.17) is 15.2 Å². The quantitative estimate of drug-likeness (QED) is 0.912. The molecule has 4 nitrogen and oxygen atoms in total. The van der Waals surface area contributed by atoms with Crippen LogP contribution in [0.4, 0.5) is 14.5 Å². The summed E-state index contributed by atoms with van der Waals surface area (Å²) in [4.78, 5) is 3.93. The first-order valence-electron chi connectivity index (χ1n) is 5.03. The normalized spacial score (nSPS) is 10.2. The van der Waals surface area contributed by atoms with Crippen LogP contribution >= 0.6 is 0 Å². The molecule has 0 bridgehead atoms. The van der Waals surface area contributed by atoms with Crippen molar-refractivity contribution in [1.29, 1.82) is 0 Å². The van der Waals surface area contributed by atoms with E-state index in [2.05, 4.69) is 4.98 Å². The number of nitrogens with two attached hydrogens (primary N) is 1. The molecule has 0 saturated carbocycles. The van der Waals surface area contributed by atoms with E-state index >= 15 is 0 Å². The molecule has 94 valence electrons.